The first-order chi connectivity index (χ1) is 9.29. The number of anilines is 1. The van der Waals surface area contributed by atoms with E-state index in [1.165, 1.54) is 18.3 Å². The second-order valence-electron chi connectivity index (χ2n) is 3.81. The van der Waals surface area contributed by atoms with Crippen LogP contribution >= 0.6 is 22.9 Å². The molecule has 0 atom stereocenters. The average Bonchev–Trinajstić information content (AvgIpc) is 2.75. The lowest BCUT2D eigenvalue weighted by atomic mass is 10.4. The fourth-order valence-electron chi connectivity index (χ4n) is 1.48. The number of carboxylic acid groups (broad SMARTS) is 1. The average molecular weight is 333 g/mol. The second-order valence-corrected chi connectivity index (χ2v) is 7.11. The largest absolute Gasteiger partial charge is 0.477 e. The molecule has 2 aromatic rings. The molecule has 2 rings (SSSR count). The monoisotopic (exact) mass is 332 g/mol. The zero-order valence-corrected chi connectivity index (χ0v) is 12.5. The lowest BCUT2D eigenvalue weighted by molar-refractivity contribution is 0.0702. The van der Waals surface area contributed by atoms with Gasteiger partial charge in [0.15, 0.2) is 0 Å². The van der Waals surface area contributed by atoms with Crippen LogP contribution in [-0.4, -0.2) is 24.5 Å². The van der Waals surface area contributed by atoms with Crippen LogP contribution in [0.2, 0.25) is 5.15 Å². The minimum Gasteiger partial charge on any atom is -0.477 e. The summed E-state index contributed by atoms with van der Waals surface area (Å²) in [4.78, 5) is 14.9. The molecule has 0 radical (unpaired) electrons. The number of hydrogen-bond donors (Lipinski definition) is 2. The summed E-state index contributed by atoms with van der Waals surface area (Å²) in [6.07, 6.45) is 1.28. The van der Waals surface area contributed by atoms with E-state index in [0.29, 0.717) is 4.88 Å². The van der Waals surface area contributed by atoms with E-state index in [9.17, 15) is 13.2 Å². The molecule has 106 valence electrons. The fourth-order valence-corrected chi connectivity index (χ4v) is 4.07. The van der Waals surface area contributed by atoms with Crippen molar-refractivity contribution in [1.29, 1.82) is 0 Å². The Morgan fingerprint density at radius 2 is 2.15 bits per heavy atom. The van der Waals surface area contributed by atoms with E-state index in [-0.39, 0.29) is 20.6 Å². The van der Waals surface area contributed by atoms with Crippen LogP contribution < -0.4 is 4.72 Å². The van der Waals surface area contributed by atoms with Crippen LogP contribution in [0.1, 0.15) is 14.5 Å². The third-order valence-electron chi connectivity index (χ3n) is 2.35. The zero-order chi connectivity index (χ0) is 14.9. The van der Waals surface area contributed by atoms with Gasteiger partial charge in [0.2, 0.25) is 0 Å². The van der Waals surface area contributed by atoms with Crippen molar-refractivity contribution in [2.24, 2.45) is 0 Å². The molecule has 0 fully saturated rings. The molecule has 0 aliphatic heterocycles. The summed E-state index contributed by atoms with van der Waals surface area (Å²) >= 11 is 6.52. The van der Waals surface area contributed by atoms with Crippen molar-refractivity contribution in [3.8, 4) is 0 Å². The maximum Gasteiger partial charge on any atom is 0.345 e. The molecule has 0 spiro atoms. The highest BCUT2D eigenvalue weighted by atomic mass is 35.5. The van der Waals surface area contributed by atoms with Crippen LogP contribution in [0.5, 0.6) is 0 Å². The van der Waals surface area contributed by atoms with Gasteiger partial charge >= 0.3 is 5.97 Å². The Bertz CT molecular complexity index is 753. The van der Waals surface area contributed by atoms with Gasteiger partial charge in [-0.05, 0) is 25.1 Å². The van der Waals surface area contributed by atoms with E-state index >= 15 is 0 Å². The Hall–Kier alpha value is -1.64. The number of halogens is 1. The minimum atomic E-state index is -3.86. The molecule has 2 heterocycles. The molecular formula is C11H9ClN2O4S2. The van der Waals surface area contributed by atoms with Crippen molar-refractivity contribution in [2.75, 3.05) is 4.72 Å². The summed E-state index contributed by atoms with van der Waals surface area (Å²) in [7, 11) is -3.86. The summed E-state index contributed by atoms with van der Waals surface area (Å²) < 4.78 is 26.7. The highest BCUT2D eigenvalue weighted by Crippen LogP contribution is 2.27. The van der Waals surface area contributed by atoms with Gasteiger partial charge in [-0.3, -0.25) is 4.72 Å². The Kier molecular flexibility index (Phi) is 3.98. The molecule has 0 amide bonds. The summed E-state index contributed by atoms with van der Waals surface area (Å²) in [6, 6.07) is 4.04. The first-order valence-corrected chi connectivity index (χ1v) is 7.95. The highest BCUT2D eigenvalue weighted by Gasteiger charge is 2.22. The summed E-state index contributed by atoms with van der Waals surface area (Å²) in [5, 5.41) is 9.12. The topological polar surface area (TPSA) is 96.4 Å². The molecule has 20 heavy (non-hydrogen) atoms. The minimum absolute atomic E-state index is 0.0305. The fraction of sp³-hybridized carbons (Fsp3) is 0.0909. The number of carbonyl (C=O) groups is 1. The molecule has 0 aliphatic rings. The Labute approximate surface area is 124 Å². The number of carboxylic acids is 1. The highest BCUT2D eigenvalue weighted by molar-refractivity contribution is 7.93. The molecule has 0 bridgehead atoms. The summed E-state index contributed by atoms with van der Waals surface area (Å²) in [5.41, 5.74) is 0.247. The number of aromatic nitrogens is 1. The maximum atomic E-state index is 12.2. The Balaban J connectivity index is 2.35. The van der Waals surface area contributed by atoms with Crippen molar-refractivity contribution < 1.29 is 18.3 Å². The van der Waals surface area contributed by atoms with Gasteiger partial charge in [0.05, 0.1) is 11.9 Å². The number of thiophene rings is 1. The van der Waals surface area contributed by atoms with Crippen LogP contribution in [0.4, 0.5) is 5.69 Å². The van der Waals surface area contributed by atoms with E-state index in [2.05, 4.69) is 9.71 Å². The van der Waals surface area contributed by atoms with Crippen LogP contribution in [0.25, 0.3) is 0 Å². The molecule has 6 nitrogen and oxygen atoms in total. The zero-order valence-electron chi connectivity index (χ0n) is 10.1. The van der Waals surface area contributed by atoms with Crippen molar-refractivity contribution in [3.05, 3.63) is 39.3 Å². The lowest BCUT2D eigenvalue weighted by Crippen LogP contribution is -2.13. The predicted octanol–water partition coefficient (Wildman–Crippen LogP) is 2.60. The van der Waals surface area contributed by atoms with Gasteiger partial charge in [0.25, 0.3) is 10.0 Å². The first-order valence-electron chi connectivity index (χ1n) is 5.28. The third kappa shape index (κ3) is 3.09. The van der Waals surface area contributed by atoms with Crippen molar-refractivity contribution in [2.45, 2.75) is 11.8 Å². The van der Waals surface area contributed by atoms with Gasteiger partial charge in [-0.2, -0.15) is 0 Å². The maximum absolute atomic E-state index is 12.2. The SMILES string of the molecule is Cc1sc(C(=O)O)cc1S(=O)(=O)Nc1ccc(Cl)nc1. The number of hydrogen-bond acceptors (Lipinski definition) is 5. The number of sulfonamides is 1. The van der Waals surface area contributed by atoms with Gasteiger partial charge in [0.1, 0.15) is 14.9 Å². The van der Waals surface area contributed by atoms with Gasteiger partial charge < -0.3 is 5.11 Å². The number of nitrogens with one attached hydrogen (secondary N) is 1. The molecule has 2 aromatic heterocycles. The second kappa shape index (κ2) is 5.39. The molecular weight excluding hydrogens is 324 g/mol. The Morgan fingerprint density at radius 1 is 1.45 bits per heavy atom. The molecule has 0 aromatic carbocycles. The molecule has 0 aliphatic carbocycles. The van der Waals surface area contributed by atoms with Gasteiger partial charge in [-0.1, -0.05) is 11.6 Å². The van der Waals surface area contributed by atoms with Crippen molar-refractivity contribution >= 4 is 44.6 Å². The van der Waals surface area contributed by atoms with Crippen LogP contribution in [-0.2, 0) is 10.0 Å². The van der Waals surface area contributed by atoms with E-state index < -0.39 is 16.0 Å². The van der Waals surface area contributed by atoms with Gasteiger partial charge in [-0.15, -0.1) is 11.3 Å². The summed E-state index contributed by atoms with van der Waals surface area (Å²) in [5.74, 6) is -1.16. The number of nitrogens with zero attached hydrogens (tertiary/aromatic N) is 1. The molecule has 9 heteroatoms. The smallest absolute Gasteiger partial charge is 0.345 e. The standard InChI is InChI=1S/C11H9ClN2O4S2/c1-6-9(4-8(19-6)11(15)16)20(17,18)14-7-2-3-10(12)13-5-7/h2-5,14H,1H3,(H,15,16). The summed E-state index contributed by atoms with van der Waals surface area (Å²) in [6.45, 7) is 1.55. The number of aromatic carboxylic acids is 1. The van der Waals surface area contributed by atoms with Gasteiger partial charge in [-0.25, -0.2) is 18.2 Å². The van der Waals surface area contributed by atoms with Crippen LogP contribution in [0.15, 0.2) is 29.3 Å². The molecule has 2 N–H and O–H groups in total. The van der Waals surface area contributed by atoms with E-state index in [1.54, 1.807) is 6.92 Å². The van der Waals surface area contributed by atoms with E-state index in [4.69, 9.17) is 16.7 Å². The third-order valence-corrected chi connectivity index (χ3v) is 5.25. The predicted molar refractivity (Wildman–Crippen MR) is 76.1 cm³/mol. The van der Waals surface area contributed by atoms with Crippen molar-refractivity contribution in [1.82, 2.24) is 4.98 Å². The first kappa shape index (κ1) is 14.8. The number of rotatable bonds is 4. The van der Waals surface area contributed by atoms with E-state index in [1.807, 2.05) is 0 Å². The number of pyridine rings is 1. The Morgan fingerprint density at radius 3 is 2.65 bits per heavy atom. The van der Waals surface area contributed by atoms with Gasteiger partial charge in [0, 0.05) is 4.88 Å². The number of aryl methyl sites for hydroxylation is 1. The normalized spacial score (nSPS) is 11.3. The lowest BCUT2D eigenvalue weighted by Gasteiger charge is -2.06. The van der Waals surface area contributed by atoms with Crippen molar-refractivity contribution in [3.63, 3.8) is 0 Å². The van der Waals surface area contributed by atoms with E-state index in [0.717, 1.165) is 17.4 Å². The molecule has 0 saturated heterocycles. The molecule has 0 unspecified atom stereocenters. The molecule has 0 saturated carbocycles. The quantitative estimate of drug-likeness (QED) is 0.839. The van der Waals surface area contributed by atoms with Crippen LogP contribution in [0, 0.1) is 6.92 Å². The van der Waals surface area contributed by atoms with Crippen LogP contribution in [0.3, 0.4) is 0 Å².